The molecule has 1 saturated carbocycles. The zero-order valence-electron chi connectivity index (χ0n) is 8.93. The maximum absolute atomic E-state index is 12.2. The molecule has 4 nitrogen and oxygen atoms in total. The number of hydrogen-bond acceptors (Lipinski definition) is 3. The molecule has 1 atom stereocenters. The van der Waals surface area contributed by atoms with Crippen LogP contribution in [0.25, 0.3) is 0 Å². The molecule has 2 fully saturated rings. The molecule has 0 radical (unpaired) electrons. The summed E-state index contributed by atoms with van der Waals surface area (Å²) in [4.78, 5) is 0. The van der Waals surface area contributed by atoms with Crippen molar-refractivity contribution >= 4 is 10.0 Å². The van der Waals surface area contributed by atoms with E-state index < -0.39 is 10.0 Å². The fraction of sp³-hybridized carbons (Fsp3) is 1.00. The maximum Gasteiger partial charge on any atom is 0.217 e. The first-order valence-corrected chi connectivity index (χ1v) is 7.28. The van der Waals surface area contributed by atoms with Gasteiger partial charge >= 0.3 is 0 Å². The predicted molar refractivity (Wildman–Crippen MR) is 58.0 cm³/mol. The molecule has 1 aliphatic heterocycles. The topological polar surface area (TPSA) is 57.6 Å². The van der Waals surface area contributed by atoms with Gasteiger partial charge in [-0.15, -0.1) is 0 Å². The highest BCUT2D eigenvalue weighted by Gasteiger charge is 2.39. The van der Waals surface area contributed by atoms with Gasteiger partial charge in [0.05, 0.1) is 11.9 Å². The molecular formula is C10H19NO3S. The van der Waals surface area contributed by atoms with E-state index in [0.29, 0.717) is 6.54 Å². The Kier molecular flexibility index (Phi) is 3.33. The van der Waals surface area contributed by atoms with Crippen LogP contribution in [0, 0.1) is 0 Å². The Hall–Kier alpha value is -0.130. The lowest BCUT2D eigenvalue weighted by Gasteiger charge is -2.25. The molecule has 0 aromatic rings. The molecule has 2 rings (SSSR count). The van der Waals surface area contributed by atoms with Gasteiger partial charge in [0.1, 0.15) is 0 Å². The van der Waals surface area contributed by atoms with Crippen LogP contribution in [0.5, 0.6) is 0 Å². The summed E-state index contributed by atoms with van der Waals surface area (Å²) in [5.41, 5.74) is 0. The standard InChI is InChI=1S/C10H19NO3S/c12-8-9-4-3-7-11(9)15(13,14)10-5-1-2-6-10/h9-10,12H,1-8H2/t9-/m0/s1. The van der Waals surface area contributed by atoms with Gasteiger partial charge in [0.25, 0.3) is 0 Å². The van der Waals surface area contributed by atoms with E-state index in [1.807, 2.05) is 0 Å². The van der Waals surface area contributed by atoms with Crippen LogP contribution in [0.4, 0.5) is 0 Å². The first-order chi connectivity index (χ1) is 7.16. The minimum absolute atomic E-state index is 0.0358. The lowest BCUT2D eigenvalue weighted by atomic mass is 10.2. The fourth-order valence-electron chi connectivity index (χ4n) is 2.70. The van der Waals surface area contributed by atoms with Gasteiger partial charge in [-0.1, -0.05) is 12.8 Å². The van der Waals surface area contributed by atoms with Crippen molar-refractivity contribution in [2.45, 2.75) is 49.8 Å². The zero-order valence-corrected chi connectivity index (χ0v) is 9.75. The van der Waals surface area contributed by atoms with E-state index in [1.165, 1.54) is 0 Å². The van der Waals surface area contributed by atoms with Gasteiger partial charge in [-0.05, 0) is 25.7 Å². The van der Waals surface area contributed by atoms with E-state index in [0.717, 1.165) is 38.5 Å². The molecule has 0 aromatic heterocycles. The van der Waals surface area contributed by atoms with Crippen LogP contribution < -0.4 is 0 Å². The van der Waals surface area contributed by atoms with Crippen molar-refractivity contribution < 1.29 is 13.5 Å². The Labute approximate surface area is 91.3 Å². The van der Waals surface area contributed by atoms with Crippen LogP contribution in [0.3, 0.4) is 0 Å². The lowest BCUT2D eigenvalue weighted by Crippen LogP contribution is -2.42. The van der Waals surface area contributed by atoms with Crippen molar-refractivity contribution in [3.05, 3.63) is 0 Å². The van der Waals surface area contributed by atoms with Crippen molar-refractivity contribution in [2.75, 3.05) is 13.2 Å². The highest BCUT2D eigenvalue weighted by molar-refractivity contribution is 7.89. The summed E-state index contributed by atoms with van der Waals surface area (Å²) in [7, 11) is -3.13. The van der Waals surface area contributed by atoms with Gasteiger partial charge in [0, 0.05) is 12.6 Å². The molecular weight excluding hydrogens is 214 g/mol. The van der Waals surface area contributed by atoms with Gasteiger partial charge in [0.15, 0.2) is 0 Å². The quantitative estimate of drug-likeness (QED) is 0.781. The van der Waals surface area contributed by atoms with Gasteiger partial charge in [0.2, 0.25) is 10.0 Å². The van der Waals surface area contributed by atoms with Crippen LogP contribution in [-0.4, -0.2) is 42.3 Å². The van der Waals surface area contributed by atoms with E-state index in [1.54, 1.807) is 4.31 Å². The van der Waals surface area contributed by atoms with Crippen LogP contribution in [0.1, 0.15) is 38.5 Å². The third-order valence-corrected chi connectivity index (χ3v) is 6.03. The Bertz CT molecular complexity index is 309. The van der Waals surface area contributed by atoms with E-state index in [9.17, 15) is 8.42 Å². The number of hydrogen-bond donors (Lipinski definition) is 1. The molecule has 1 N–H and O–H groups in total. The van der Waals surface area contributed by atoms with E-state index in [2.05, 4.69) is 0 Å². The first kappa shape index (κ1) is 11.4. The summed E-state index contributed by atoms with van der Waals surface area (Å²) >= 11 is 0. The number of nitrogens with zero attached hydrogens (tertiary/aromatic N) is 1. The smallest absolute Gasteiger partial charge is 0.217 e. The molecule has 1 saturated heterocycles. The SMILES string of the molecule is O=S(=O)(C1CCCC1)N1CCC[C@H]1CO. The van der Waals surface area contributed by atoms with E-state index >= 15 is 0 Å². The number of rotatable bonds is 3. The average Bonchev–Trinajstić information content (AvgIpc) is 2.89. The Morgan fingerprint density at radius 1 is 1.13 bits per heavy atom. The molecule has 1 aliphatic carbocycles. The molecule has 5 heteroatoms. The van der Waals surface area contributed by atoms with Gasteiger partial charge < -0.3 is 5.11 Å². The normalized spacial score (nSPS) is 30.1. The Balaban J connectivity index is 2.13. The van der Waals surface area contributed by atoms with E-state index in [-0.39, 0.29) is 17.9 Å². The molecule has 0 amide bonds. The molecule has 15 heavy (non-hydrogen) atoms. The number of aliphatic hydroxyl groups is 1. The van der Waals surface area contributed by atoms with Crippen molar-refractivity contribution in [3.8, 4) is 0 Å². The summed E-state index contributed by atoms with van der Waals surface area (Å²) in [5.74, 6) is 0. The highest BCUT2D eigenvalue weighted by Crippen LogP contribution is 2.31. The second kappa shape index (κ2) is 4.39. The number of sulfonamides is 1. The van der Waals surface area contributed by atoms with Crippen LogP contribution in [0.15, 0.2) is 0 Å². The van der Waals surface area contributed by atoms with Crippen LogP contribution >= 0.6 is 0 Å². The Morgan fingerprint density at radius 2 is 1.80 bits per heavy atom. The van der Waals surface area contributed by atoms with Gasteiger partial charge in [-0.25, -0.2) is 8.42 Å². The molecule has 88 valence electrons. The summed E-state index contributed by atoms with van der Waals surface area (Å²) in [6.07, 6.45) is 5.36. The average molecular weight is 233 g/mol. The van der Waals surface area contributed by atoms with Crippen LogP contribution in [0.2, 0.25) is 0 Å². The second-order valence-electron chi connectivity index (χ2n) is 4.54. The van der Waals surface area contributed by atoms with Crippen molar-refractivity contribution in [1.29, 1.82) is 0 Å². The maximum atomic E-state index is 12.2. The first-order valence-electron chi connectivity index (χ1n) is 5.78. The zero-order chi connectivity index (χ0) is 10.9. The minimum Gasteiger partial charge on any atom is -0.395 e. The van der Waals surface area contributed by atoms with E-state index in [4.69, 9.17) is 5.11 Å². The molecule has 0 spiro atoms. The van der Waals surface area contributed by atoms with Gasteiger partial charge in [-0.3, -0.25) is 0 Å². The largest absolute Gasteiger partial charge is 0.395 e. The predicted octanol–water partition coefficient (Wildman–Crippen LogP) is 0.716. The van der Waals surface area contributed by atoms with Crippen molar-refractivity contribution in [3.63, 3.8) is 0 Å². The molecule has 0 bridgehead atoms. The third-order valence-electron chi connectivity index (χ3n) is 3.58. The molecule has 1 heterocycles. The Morgan fingerprint density at radius 3 is 2.40 bits per heavy atom. The lowest BCUT2D eigenvalue weighted by molar-refractivity contribution is 0.212. The summed E-state index contributed by atoms with van der Waals surface area (Å²) in [6, 6.07) is -0.157. The summed E-state index contributed by atoms with van der Waals surface area (Å²) < 4.78 is 26.0. The van der Waals surface area contributed by atoms with Crippen molar-refractivity contribution in [1.82, 2.24) is 4.31 Å². The van der Waals surface area contributed by atoms with Gasteiger partial charge in [-0.2, -0.15) is 4.31 Å². The third kappa shape index (κ3) is 2.05. The van der Waals surface area contributed by atoms with Crippen LogP contribution in [-0.2, 0) is 10.0 Å². The monoisotopic (exact) mass is 233 g/mol. The number of aliphatic hydroxyl groups excluding tert-OH is 1. The highest BCUT2D eigenvalue weighted by atomic mass is 32.2. The molecule has 0 aromatic carbocycles. The molecule has 2 aliphatic rings. The second-order valence-corrected chi connectivity index (χ2v) is 6.71. The fourth-order valence-corrected chi connectivity index (χ4v) is 4.99. The summed E-state index contributed by atoms with van der Waals surface area (Å²) in [6.45, 7) is 0.565. The molecule has 0 unspecified atom stereocenters. The van der Waals surface area contributed by atoms with Crippen molar-refractivity contribution in [2.24, 2.45) is 0 Å². The minimum atomic E-state index is -3.13. The summed E-state index contributed by atoms with van der Waals surface area (Å²) in [5, 5.41) is 8.96.